The van der Waals surface area contributed by atoms with Gasteiger partial charge in [0.1, 0.15) is 0 Å². The lowest BCUT2D eigenvalue weighted by atomic mass is 10.0. The van der Waals surface area contributed by atoms with E-state index >= 15 is 0 Å². The molecule has 0 saturated carbocycles. The second-order valence-corrected chi connectivity index (χ2v) is 5.80. The summed E-state index contributed by atoms with van der Waals surface area (Å²) in [5.74, 6) is 1.64. The van der Waals surface area contributed by atoms with Crippen LogP contribution in [0.15, 0.2) is 35.9 Å². The molecule has 0 atom stereocenters. The molecule has 1 N–H and O–H groups in total. The van der Waals surface area contributed by atoms with Gasteiger partial charge in [-0.1, -0.05) is 6.07 Å². The summed E-state index contributed by atoms with van der Waals surface area (Å²) >= 11 is 0. The van der Waals surface area contributed by atoms with Gasteiger partial charge in [0.05, 0.1) is 21.3 Å². The Kier molecular flexibility index (Phi) is 5.40. The summed E-state index contributed by atoms with van der Waals surface area (Å²) in [5, 5.41) is 9.63. The van der Waals surface area contributed by atoms with E-state index in [1.54, 1.807) is 36.4 Å². The maximum absolute atomic E-state index is 11.8. The van der Waals surface area contributed by atoms with Crippen molar-refractivity contribution in [2.45, 2.75) is 6.42 Å². The molecule has 1 heterocycles. The second-order valence-electron chi connectivity index (χ2n) is 5.80. The first-order chi connectivity index (χ1) is 13.0. The van der Waals surface area contributed by atoms with Crippen molar-refractivity contribution in [3.8, 4) is 28.7 Å². The molecule has 0 aliphatic carbocycles. The summed E-state index contributed by atoms with van der Waals surface area (Å²) < 4.78 is 26.6. The van der Waals surface area contributed by atoms with Crippen molar-refractivity contribution >= 4 is 12.0 Å². The molecule has 3 rings (SSSR count). The van der Waals surface area contributed by atoms with Crippen LogP contribution in [0.5, 0.6) is 28.7 Å². The molecule has 1 aliphatic rings. The van der Waals surface area contributed by atoms with E-state index in [1.807, 2.05) is 0 Å². The predicted molar refractivity (Wildman–Crippen MR) is 98.0 cm³/mol. The topological polar surface area (TPSA) is 83.5 Å². The lowest BCUT2D eigenvalue weighted by Crippen LogP contribution is -2.05. The van der Waals surface area contributed by atoms with Gasteiger partial charge < -0.3 is 28.8 Å². The number of carboxylic acids is 1. The monoisotopic (exact) mass is 372 g/mol. The van der Waals surface area contributed by atoms with Gasteiger partial charge in [0.2, 0.25) is 12.5 Å². The third kappa shape index (κ3) is 3.92. The highest BCUT2D eigenvalue weighted by molar-refractivity contribution is 5.92. The van der Waals surface area contributed by atoms with Crippen LogP contribution in [0.1, 0.15) is 11.1 Å². The molecule has 142 valence electrons. The maximum atomic E-state index is 11.8. The average Bonchev–Trinajstić information content (AvgIpc) is 3.14. The number of methoxy groups -OCH3 is 3. The van der Waals surface area contributed by atoms with Gasteiger partial charge >= 0.3 is 5.97 Å². The Morgan fingerprint density at radius 1 is 1.04 bits per heavy atom. The molecule has 2 aromatic carbocycles. The summed E-state index contributed by atoms with van der Waals surface area (Å²) in [6.07, 6.45) is 1.79. The van der Waals surface area contributed by atoms with Crippen LogP contribution in [0.2, 0.25) is 0 Å². The molecule has 27 heavy (non-hydrogen) atoms. The Bertz CT molecular complexity index is 861. The maximum Gasteiger partial charge on any atom is 0.331 e. The standard InChI is InChI=1S/C20H20O7/c1-23-17-9-13(10-18(24-2)19(17)25-3)7-14(20(21)22)6-12-4-5-15-16(8-12)27-11-26-15/h4-6,8-10H,7,11H2,1-3H3,(H,21,22)/b14-6-. The largest absolute Gasteiger partial charge is 0.493 e. The van der Waals surface area contributed by atoms with Crippen LogP contribution in [0.25, 0.3) is 6.08 Å². The summed E-state index contributed by atoms with van der Waals surface area (Å²) in [7, 11) is 4.55. The minimum Gasteiger partial charge on any atom is -0.493 e. The van der Waals surface area contributed by atoms with Crippen molar-refractivity contribution in [2.75, 3.05) is 28.1 Å². The van der Waals surface area contributed by atoms with Crippen LogP contribution >= 0.6 is 0 Å². The lowest BCUT2D eigenvalue weighted by molar-refractivity contribution is -0.132. The van der Waals surface area contributed by atoms with Crippen molar-refractivity contribution in [3.63, 3.8) is 0 Å². The van der Waals surface area contributed by atoms with Gasteiger partial charge in [-0.05, 0) is 41.5 Å². The van der Waals surface area contributed by atoms with Gasteiger partial charge in [-0.25, -0.2) is 4.79 Å². The number of fused-ring (bicyclic) bond motifs is 1. The Hall–Kier alpha value is -3.35. The normalized spacial score (nSPS) is 12.6. The van der Waals surface area contributed by atoms with E-state index in [-0.39, 0.29) is 18.8 Å². The fraction of sp³-hybridized carbons (Fsp3) is 0.250. The van der Waals surface area contributed by atoms with Gasteiger partial charge in [0.15, 0.2) is 23.0 Å². The van der Waals surface area contributed by atoms with E-state index in [0.717, 1.165) is 5.56 Å². The van der Waals surface area contributed by atoms with Crippen molar-refractivity contribution in [3.05, 3.63) is 47.0 Å². The molecule has 7 heteroatoms. The van der Waals surface area contributed by atoms with Gasteiger partial charge in [0.25, 0.3) is 0 Å². The third-order valence-corrected chi connectivity index (χ3v) is 4.13. The molecule has 0 radical (unpaired) electrons. The number of benzene rings is 2. The SMILES string of the molecule is COc1cc(C/C(=C/c2ccc3c(c2)OCO3)C(=O)O)cc(OC)c1OC. The minimum atomic E-state index is -1.01. The number of rotatable bonds is 7. The Labute approximate surface area is 156 Å². The molecule has 0 saturated heterocycles. The Balaban J connectivity index is 1.94. The quantitative estimate of drug-likeness (QED) is 0.748. The second kappa shape index (κ2) is 7.90. The van der Waals surface area contributed by atoms with Crippen LogP contribution in [-0.2, 0) is 11.2 Å². The Morgan fingerprint density at radius 3 is 2.30 bits per heavy atom. The van der Waals surface area contributed by atoms with Crippen molar-refractivity contribution in [2.24, 2.45) is 0 Å². The van der Waals surface area contributed by atoms with Crippen molar-refractivity contribution < 1.29 is 33.6 Å². The van der Waals surface area contributed by atoms with Gasteiger partial charge in [0, 0.05) is 12.0 Å². The number of hydrogen-bond donors (Lipinski definition) is 1. The predicted octanol–water partition coefficient (Wildman–Crippen LogP) is 3.15. The number of carbonyl (C=O) groups is 1. The molecule has 1 aliphatic heterocycles. The zero-order valence-electron chi connectivity index (χ0n) is 15.3. The average molecular weight is 372 g/mol. The Morgan fingerprint density at radius 2 is 1.70 bits per heavy atom. The third-order valence-electron chi connectivity index (χ3n) is 4.13. The zero-order valence-corrected chi connectivity index (χ0v) is 15.3. The van der Waals surface area contributed by atoms with E-state index in [2.05, 4.69) is 0 Å². The van der Waals surface area contributed by atoms with E-state index in [1.165, 1.54) is 21.3 Å². The molecule has 7 nitrogen and oxygen atoms in total. The van der Waals surface area contributed by atoms with Crippen molar-refractivity contribution in [1.29, 1.82) is 0 Å². The fourth-order valence-electron chi connectivity index (χ4n) is 2.85. The van der Waals surface area contributed by atoms with Crippen LogP contribution in [0.4, 0.5) is 0 Å². The number of aliphatic carboxylic acids is 1. The first-order valence-corrected chi connectivity index (χ1v) is 8.18. The van der Waals surface area contributed by atoms with E-state index in [4.69, 9.17) is 23.7 Å². The van der Waals surface area contributed by atoms with Crippen LogP contribution in [-0.4, -0.2) is 39.2 Å². The van der Waals surface area contributed by atoms with Crippen LogP contribution in [0, 0.1) is 0 Å². The molecular formula is C20H20O7. The fourth-order valence-corrected chi connectivity index (χ4v) is 2.85. The molecule has 2 aromatic rings. The van der Waals surface area contributed by atoms with Gasteiger partial charge in [-0.15, -0.1) is 0 Å². The summed E-state index contributed by atoms with van der Waals surface area (Å²) in [5.41, 5.74) is 1.64. The molecule has 0 unspecified atom stereocenters. The smallest absolute Gasteiger partial charge is 0.331 e. The van der Waals surface area contributed by atoms with Gasteiger partial charge in [-0.3, -0.25) is 0 Å². The highest BCUT2D eigenvalue weighted by Gasteiger charge is 2.17. The zero-order chi connectivity index (χ0) is 19.4. The van der Waals surface area contributed by atoms with Crippen LogP contribution < -0.4 is 23.7 Å². The summed E-state index contributed by atoms with van der Waals surface area (Å²) in [4.78, 5) is 11.8. The minimum absolute atomic E-state index is 0.166. The molecular weight excluding hydrogens is 352 g/mol. The summed E-state index contributed by atoms with van der Waals surface area (Å²) in [6.45, 7) is 0.166. The highest BCUT2D eigenvalue weighted by Crippen LogP contribution is 2.39. The van der Waals surface area contributed by atoms with E-state index in [9.17, 15) is 9.90 Å². The lowest BCUT2D eigenvalue weighted by Gasteiger charge is -2.14. The van der Waals surface area contributed by atoms with Crippen molar-refractivity contribution in [1.82, 2.24) is 0 Å². The first kappa shape index (κ1) is 18.4. The molecule has 0 spiro atoms. The van der Waals surface area contributed by atoms with Crippen LogP contribution in [0.3, 0.4) is 0 Å². The van der Waals surface area contributed by atoms with Gasteiger partial charge in [-0.2, -0.15) is 0 Å². The summed E-state index contributed by atoms with van der Waals surface area (Å²) in [6, 6.07) is 8.76. The van der Waals surface area contributed by atoms with E-state index in [0.29, 0.717) is 34.3 Å². The number of carboxylic acid groups (broad SMARTS) is 1. The molecule has 0 aromatic heterocycles. The molecule has 0 bridgehead atoms. The molecule has 0 amide bonds. The highest BCUT2D eigenvalue weighted by atomic mass is 16.7. The number of hydrogen-bond acceptors (Lipinski definition) is 6. The number of ether oxygens (including phenoxy) is 5. The first-order valence-electron chi connectivity index (χ1n) is 8.18. The molecule has 0 fully saturated rings. The van der Waals surface area contributed by atoms with E-state index < -0.39 is 5.97 Å².